The predicted octanol–water partition coefficient (Wildman–Crippen LogP) is 4.04. The first-order valence-corrected chi connectivity index (χ1v) is 13.1. The minimum atomic E-state index is -3.59. The number of urea groups is 1. The van der Waals surface area contributed by atoms with Crippen LogP contribution in [0, 0.1) is 0 Å². The summed E-state index contributed by atoms with van der Waals surface area (Å²) in [5.74, 6) is 0.402. The predicted molar refractivity (Wildman–Crippen MR) is 134 cm³/mol. The van der Waals surface area contributed by atoms with Crippen LogP contribution in [0.5, 0.6) is 5.75 Å². The van der Waals surface area contributed by atoms with E-state index in [0.717, 1.165) is 5.56 Å². The second-order valence-electron chi connectivity index (χ2n) is 10.2. The van der Waals surface area contributed by atoms with Crippen LogP contribution in [0.25, 0.3) is 0 Å². The van der Waals surface area contributed by atoms with Crippen molar-refractivity contribution in [3.8, 4) is 5.75 Å². The van der Waals surface area contributed by atoms with Crippen LogP contribution in [0.15, 0.2) is 36.8 Å². The topological polar surface area (TPSA) is 105 Å². The number of pyridine rings is 2. The molecule has 3 N–H and O–H groups in total. The minimum Gasteiger partial charge on any atom is -0.497 e. The highest BCUT2D eigenvalue weighted by molar-refractivity contribution is 6.91. The Kier molecular flexibility index (Phi) is 8.76. The zero-order valence-electron chi connectivity index (χ0n) is 21.1. The molecule has 0 saturated heterocycles. The number of nitrogens with one attached hydrogen (secondary N) is 3. The van der Waals surface area contributed by atoms with E-state index in [1.54, 1.807) is 18.5 Å². The van der Waals surface area contributed by atoms with E-state index in [9.17, 15) is 9.59 Å². The van der Waals surface area contributed by atoms with Crippen molar-refractivity contribution in [3.63, 3.8) is 0 Å². The Balaban J connectivity index is 1.98. The molecule has 10 heteroatoms. The van der Waals surface area contributed by atoms with Gasteiger partial charge < -0.3 is 19.5 Å². The number of carbonyl (C=O) groups is 2. The Morgan fingerprint density at radius 3 is 2.32 bits per heavy atom. The first kappa shape index (κ1) is 27.2. The van der Waals surface area contributed by atoms with Crippen LogP contribution in [0.2, 0.25) is 10.1 Å². The average molecular weight is 490 g/mol. The summed E-state index contributed by atoms with van der Waals surface area (Å²) in [4.78, 5) is 32.5. The lowest BCUT2D eigenvalue weighted by atomic mass is 10.2. The molecule has 0 radical (unpaired) electrons. The van der Waals surface area contributed by atoms with Gasteiger partial charge in [-0.05, 0) is 21.7 Å². The lowest BCUT2D eigenvalue weighted by molar-refractivity contribution is -0.121. The van der Waals surface area contributed by atoms with Crippen LogP contribution >= 0.6 is 0 Å². The summed E-state index contributed by atoms with van der Waals surface area (Å²) in [5, 5.41) is 7.29. The van der Waals surface area contributed by atoms with Crippen molar-refractivity contribution in [2.45, 2.75) is 64.6 Å². The maximum absolute atomic E-state index is 16.7. The van der Waals surface area contributed by atoms with E-state index in [0.29, 0.717) is 17.5 Å². The molecule has 186 valence electrons. The number of halogens is 1. The SMILES string of the molecule is COc1cc(NC(=O)NCCC(=O)NCc2cccnc2)ncc1[Si](F)(C(C)(C)C)C(C)(C)C. The van der Waals surface area contributed by atoms with Gasteiger partial charge in [-0.3, -0.25) is 15.1 Å². The quantitative estimate of drug-likeness (QED) is 0.383. The maximum Gasteiger partial charge on any atom is 0.320 e. The van der Waals surface area contributed by atoms with E-state index < -0.39 is 24.5 Å². The van der Waals surface area contributed by atoms with Crippen LogP contribution in [0.4, 0.5) is 14.7 Å². The van der Waals surface area contributed by atoms with Crippen LogP contribution in [0.3, 0.4) is 0 Å². The van der Waals surface area contributed by atoms with Gasteiger partial charge in [0.1, 0.15) is 11.6 Å². The summed E-state index contributed by atoms with van der Waals surface area (Å²) in [6, 6.07) is 4.68. The number of hydrogen-bond acceptors (Lipinski definition) is 5. The molecule has 0 fully saturated rings. The Bertz CT molecular complexity index is 976. The average Bonchev–Trinajstić information content (AvgIpc) is 2.76. The number of hydrogen-bond donors (Lipinski definition) is 3. The molecule has 0 saturated carbocycles. The van der Waals surface area contributed by atoms with E-state index in [1.165, 1.54) is 19.4 Å². The summed E-state index contributed by atoms with van der Waals surface area (Å²) >= 11 is 0. The Labute approximate surface area is 202 Å². The number of rotatable bonds is 8. The fraction of sp³-hybridized carbons (Fsp3) is 0.500. The summed E-state index contributed by atoms with van der Waals surface area (Å²) in [7, 11) is -2.11. The fourth-order valence-electron chi connectivity index (χ4n) is 4.11. The van der Waals surface area contributed by atoms with Crippen molar-refractivity contribution in [2.75, 3.05) is 19.0 Å². The third-order valence-electron chi connectivity index (χ3n) is 5.62. The Morgan fingerprint density at radius 2 is 1.76 bits per heavy atom. The normalized spacial score (nSPS) is 12.1. The van der Waals surface area contributed by atoms with E-state index >= 15 is 4.11 Å². The molecule has 0 unspecified atom stereocenters. The van der Waals surface area contributed by atoms with Gasteiger partial charge in [0.2, 0.25) is 5.91 Å². The molecule has 0 aliphatic rings. The molecule has 2 aromatic rings. The summed E-state index contributed by atoms with van der Waals surface area (Å²) in [6.07, 6.45) is 4.94. The van der Waals surface area contributed by atoms with Gasteiger partial charge in [-0.1, -0.05) is 47.6 Å². The van der Waals surface area contributed by atoms with Crippen LogP contribution < -0.4 is 25.9 Å². The number of methoxy groups -OCH3 is 1. The lowest BCUT2D eigenvalue weighted by Crippen LogP contribution is -2.58. The van der Waals surface area contributed by atoms with Crippen LogP contribution in [-0.2, 0) is 11.3 Å². The maximum atomic E-state index is 16.7. The molecule has 8 nitrogen and oxygen atoms in total. The van der Waals surface area contributed by atoms with Crippen molar-refractivity contribution in [1.82, 2.24) is 20.6 Å². The summed E-state index contributed by atoms with van der Waals surface area (Å²) in [6.45, 7) is 11.9. The molecular formula is C24H36FN5O3Si. The first-order chi connectivity index (χ1) is 15.8. The zero-order valence-corrected chi connectivity index (χ0v) is 22.1. The van der Waals surface area contributed by atoms with Gasteiger partial charge in [0.25, 0.3) is 8.41 Å². The number of amides is 3. The summed E-state index contributed by atoms with van der Waals surface area (Å²) < 4.78 is 22.2. The van der Waals surface area contributed by atoms with E-state index in [2.05, 4.69) is 25.9 Å². The van der Waals surface area contributed by atoms with E-state index in [1.807, 2.05) is 47.6 Å². The van der Waals surface area contributed by atoms with Crippen LogP contribution in [0.1, 0.15) is 53.5 Å². The third kappa shape index (κ3) is 6.53. The number of nitrogens with zero attached hydrogens (tertiary/aromatic N) is 2. The highest BCUT2D eigenvalue weighted by Crippen LogP contribution is 2.52. The lowest BCUT2D eigenvalue weighted by Gasteiger charge is -2.45. The van der Waals surface area contributed by atoms with Crippen molar-refractivity contribution in [3.05, 3.63) is 42.4 Å². The van der Waals surface area contributed by atoms with Gasteiger partial charge in [-0.15, -0.1) is 0 Å². The van der Waals surface area contributed by atoms with Gasteiger partial charge in [-0.2, -0.15) is 0 Å². The molecular weight excluding hydrogens is 453 g/mol. The summed E-state index contributed by atoms with van der Waals surface area (Å²) in [5.41, 5.74) is 0.892. The third-order valence-corrected chi connectivity index (χ3v) is 10.9. The Morgan fingerprint density at radius 1 is 1.09 bits per heavy atom. The number of anilines is 1. The zero-order chi connectivity index (χ0) is 25.6. The second-order valence-corrected chi connectivity index (χ2v) is 15.1. The smallest absolute Gasteiger partial charge is 0.320 e. The molecule has 0 aliphatic carbocycles. The molecule has 2 rings (SSSR count). The van der Waals surface area contributed by atoms with Crippen molar-refractivity contribution in [1.29, 1.82) is 0 Å². The van der Waals surface area contributed by atoms with Crippen molar-refractivity contribution >= 4 is 31.4 Å². The highest BCUT2D eigenvalue weighted by atomic mass is 28.4. The minimum absolute atomic E-state index is 0.122. The molecule has 0 aliphatic heterocycles. The molecule has 2 aromatic heterocycles. The van der Waals surface area contributed by atoms with Crippen molar-refractivity contribution in [2.24, 2.45) is 0 Å². The molecule has 0 atom stereocenters. The number of aromatic nitrogens is 2. The highest BCUT2D eigenvalue weighted by Gasteiger charge is 2.58. The number of carbonyl (C=O) groups excluding carboxylic acids is 2. The molecule has 0 aromatic carbocycles. The molecule has 0 spiro atoms. The Hall–Kier alpha value is -3.01. The first-order valence-electron chi connectivity index (χ1n) is 11.2. The van der Waals surface area contributed by atoms with Gasteiger partial charge in [-0.25, -0.2) is 9.78 Å². The van der Waals surface area contributed by atoms with Gasteiger partial charge in [0.05, 0.1) is 7.11 Å². The van der Waals surface area contributed by atoms with E-state index in [-0.39, 0.29) is 24.7 Å². The van der Waals surface area contributed by atoms with Gasteiger partial charge >= 0.3 is 6.03 Å². The fourth-order valence-corrected chi connectivity index (χ4v) is 8.73. The van der Waals surface area contributed by atoms with Gasteiger partial charge in [0, 0.05) is 49.4 Å². The van der Waals surface area contributed by atoms with Crippen LogP contribution in [-0.4, -0.2) is 44.0 Å². The van der Waals surface area contributed by atoms with Crippen molar-refractivity contribution < 1.29 is 18.4 Å². The molecule has 2 heterocycles. The molecule has 3 amide bonds. The molecule has 0 bridgehead atoms. The number of ether oxygens (including phenoxy) is 1. The standard InChI is InChI=1S/C24H36FN5O3Si/c1-23(2,3)34(25,24(4,5)6)19-16-28-20(13-18(19)33-7)30-22(32)27-12-10-21(31)29-15-17-9-8-11-26-14-17/h8-9,11,13-14,16H,10,12,15H2,1-7H3,(H,29,31)(H2,27,28,30,32). The monoisotopic (exact) mass is 489 g/mol. The molecule has 34 heavy (non-hydrogen) atoms. The second kappa shape index (κ2) is 10.9. The largest absolute Gasteiger partial charge is 0.497 e. The van der Waals surface area contributed by atoms with Gasteiger partial charge in [0.15, 0.2) is 0 Å². The van der Waals surface area contributed by atoms with E-state index in [4.69, 9.17) is 4.74 Å².